The molecule has 45 heavy (non-hydrogen) atoms. The van der Waals surface area contributed by atoms with Crippen LogP contribution in [0.3, 0.4) is 0 Å². The number of carbonyl (C=O) groups is 4. The molecule has 0 spiro atoms. The van der Waals surface area contributed by atoms with E-state index >= 15 is 4.39 Å². The molecule has 3 aliphatic heterocycles. The standard InChI is InChI=1S/C31H32ClFN8O4/c1-39-25(10-16-2-3-16)21(13-35-39)27-22(32)14-34-31(38-27)36-18-6-8-40(9-7-18)15-17-11-19-20(12-23(17)33)30(45)41(29(19)44)24-4-5-26(42)37-28(24)43/h11-14,16,18,24H,2-10,15H2,1H3,(H,34,36,38)(H,37,42,43). The van der Waals surface area contributed by atoms with Gasteiger partial charge in [0.05, 0.1) is 34.2 Å². The Kier molecular flexibility index (Phi) is 7.60. The number of hydrogen-bond donors (Lipinski definition) is 2. The molecule has 234 valence electrons. The van der Waals surface area contributed by atoms with Crippen LogP contribution in [0.25, 0.3) is 11.3 Å². The monoisotopic (exact) mass is 634 g/mol. The van der Waals surface area contributed by atoms with Crippen molar-refractivity contribution in [2.75, 3.05) is 18.4 Å². The normalized spacial score (nSPS) is 21.0. The molecule has 5 heterocycles. The first kappa shape index (κ1) is 29.5. The van der Waals surface area contributed by atoms with E-state index < -0.39 is 35.5 Å². The maximum Gasteiger partial charge on any atom is 0.262 e. The van der Waals surface area contributed by atoms with Crippen molar-refractivity contribution in [3.05, 3.63) is 57.8 Å². The molecule has 7 rings (SSSR count). The average Bonchev–Trinajstić information content (AvgIpc) is 3.72. The highest BCUT2D eigenvalue weighted by Gasteiger charge is 2.45. The van der Waals surface area contributed by atoms with Crippen molar-refractivity contribution in [2.24, 2.45) is 13.0 Å². The Bertz CT molecular complexity index is 1730. The number of nitrogens with one attached hydrogen (secondary N) is 2. The molecule has 3 aromatic rings. The summed E-state index contributed by atoms with van der Waals surface area (Å²) in [6.45, 7) is 1.59. The number of nitrogens with zero attached hydrogens (tertiary/aromatic N) is 6. The van der Waals surface area contributed by atoms with Gasteiger partial charge in [-0.05, 0) is 56.6 Å². The minimum Gasteiger partial charge on any atom is -0.351 e. The Hall–Kier alpha value is -4.23. The highest BCUT2D eigenvalue weighted by Crippen LogP contribution is 2.37. The van der Waals surface area contributed by atoms with Crippen molar-refractivity contribution in [3.8, 4) is 11.3 Å². The smallest absolute Gasteiger partial charge is 0.262 e. The summed E-state index contributed by atoms with van der Waals surface area (Å²) in [5, 5.41) is 10.5. The number of hydrogen-bond acceptors (Lipinski definition) is 9. The number of amides is 4. The Morgan fingerprint density at radius 3 is 2.44 bits per heavy atom. The summed E-state index contributed by atoms with van der Waals surface area (Å²) in [5.74, 6) is -1.94. The fourth-order valence-electron chi connectivity index (χ4n) is 6.44. The van der Waals surface area contributed by atoms with Crippen LogP contribution in [0.2, 0.25) is 5.02 Å². The topological polar surface area (TPSA) is 142 Å². The van der Waals surface area contributed by atoms with E-state index in [1.165, 1.54) is 18.9 Å². The third kappa shape index (κ3) is 5.70. The first-order chi connectivity index (χ1) is 21.7. The molecule has 12 nitrogen and oxygen atoms in total. The molecule has 0 bridgehead atoms. The highest BCUT2D eigenvalue weighted by molar-refractivity contribution is 6.33. The zero-order chi connectivity index (χ0) is 31.4. The quantitative estimate of drug-likeness (QED) is 0.357. The van der Waals surface area contributed by atoms with Crippen molar-refractivity contribution in [2.45, 2.75) is 63.6 Å². The molecule has 2 aromatic heterocycles. The molecule has 1 saturated carbocycles. The lowest BCUT2D eigenvalue weighted by Gasteiger charge is -2.32. The number of halogens is 2. The lowest BCUT2D eigenvalue weighted by molar-refractivity contribution is -0.136. The summed E-state index contributed by atoms with van der Waals surface area (Å²) in [4.78, 5) is 62.2. The third-order valence-corrected chi connectivity index (χ3v) is 9.44. The van der Waals surface area contributed by atoms with Gasteiger partial charge in [0.15, 0.2) is 0 Å². The van der Waals surface area contributed by atoms with Gasteiger partial charge in [0.1, 0.15) is 11.9 Å². The maximum atomic E-state index is 15.2. The second kappa shape index (κ2) is 11.6. The highest BCUT2D eigenvalue weighted by atomic mass is 35.5. The number of anilines is 1. The molecule has 4 amide bonds. The Morgan fingerprint density at radius 2 is 1.73 bits per heavy atom. The molecule has 1 atom stereocenters. The van der Waals surface area contributed by atoms with Crippen LogP contribution in [0.15, 0.2) is 24.5 Å². The molecule has 1 aliphatic carbocycles. The fraction of sp³-hybridized carbons (Fsp3) is 0.452. The molecule has 0 radical (unpaired) electrons. The van der Waals surface area contributed by atoms with Crippen LogP contribution in [-0.4, -0.2) is 78.4 Å². The van der Waals surface area contributed by atoms with Crippen LogP contribution < -0.4 is 10.6 Å². The fourth-order valence-corrected chi connectivity index (χ4v) is 6.63. The van der Waals surface area contributed by atoms with Crippen LogP contribution in [0.4, 0.5) is 10.3 Å². The summed E-state index contributed by atoms with van der Waals surface area (Å²) >= 11 is 6.53. The van der Waals surface area contributed by atoms with Gasteiger partial charge in [-0.2, -0.15) is 5.10 Å². The Labute approximate surface area is 263 Å². The number of fused-ring (bicyclic) bond motifs is 1. The maximum absolute atomic E-state index is 15.2. The van der Waals surface area contributed by atoms with E-state index in [0.717, 1.165) is 41.5 Å². The summed E-state index contributed by atoms with van der Waals surface area (Å²) < 4.78 is 17.1. The largest absolute Gasteiger partial charge is 0.351 e. The molecule has 1 unspecified atom stereocenters. The van der Waals surface area contributed by atoms with Crippen molar-refractivity contribution >= 4 is 41.2 Å². The first-order valence-corrected chi connectivity index (χ1v) is 15.6. The van der Waals surface area contributed by atoms with Gasteiger partial charge < -0.3 is 5.32 Å². The van der Waals surface area contributed by atoms with Crippen molar-refractivity contribution < 1.29 is 23.6 Å². The zero-order valence-corrected chi connectivity index (χ0v) is 25.4. The van der Waals surface area contributed by atoms with Crippen LogP contribution in [-0.2, 0) is 29.6 Å². The lowest BCUT2D eigenvalue weighted by Crippen LogP contribution is -2.54. The average molecular weight is 635 g/mol. The summed E-state index contributed by atoms with van der Waals surface area (Å²) in [7, 11) is 1.94. The second-order valence-corrected chi connectivity index (χ2v) is 12.7. The summed E-state index contributed by atoms with van der Waals surface area (Å²) in [6, 6.07) is 1.50. The van der Waals surface area contributed by atoms with Gasteiger partial charge in [0.2, 0.25) is 17.8 Å². The van der Waals surface area contributed by atoms with Gasteiger partial charge in [-0.3, -0.25) is 39.0 Å². The number of benzene rings is 1. The predicted molar refractivity (Wildman–Crippen MR) is 161 cm³/mol. The van der Waals surface area contributed by atoms with Gasteiger partial charge in [-0.15, -0.1) is 0 Å². The number of aryl methyl sites for hydroxylation is 1. The van der Waals surface area contributed by atoms with E-state index in [4.69, 9.17) is 16.6 Å². The van der Waals surface area contributed by atoms with Crippen LogP contribution in [0, 0.1) is 11.7 Å². The van der Waals surface area contributed by atoms with Crippen molar-refractivity contribution in [3.63, 3.8) is 0 Å². The van der Waals surface area contributed by atoms with Gasteiger partial charge >= 0.3 is 0 Å². The van der Waals surface area contributed by atoms with Crippen molar-refractivity contribution in [1.29, 1.82) is 0 Å². The number of likely N-dealkylation sites (tertiary alicyclic amines) is 1. The van der Waals surface area contributed by atoms with Gasteiger partial charge in [-0.1, -0.05) is 11.6 Å². The number of imide groups is 2. The number of aromatic nitrogens is 4. The van der Waals surface area contributed by atoms with E-state index in [1.54, 1.807) is 6.20 Å². The van der Waals surface area contributed by atoms with E-state index in [0.29, 0.717) is 41.2 Å². The van der Waals surface area contributed by atoms with E-state index in [-0.39, 0.29) is 36.6 Å². The van der Waals surface area contributed by atoms with Crippen LogP contribution in [0.5, 0.6) is 0 Å². The predicted octanol–water partition coefficient (Wildman–Crippen LogP) is 3.10. The minimum absolute atomic E-state index is 0.0192. The van der Waals surface area contributed by atoms with Crippen molar-refractivity contribution in [1.82, 2.24) is 34.9 Å². The molecule has 4 aliphatic rings. The second-order valence-electron chi connectivity index (χ2n) is 12.3. The Balaban J connectivity index is 0.992. The lowest BCUT2D eigenvalue weighted by atomic mass is 10.0. The molecule has 2 saturated heterocycles. The number of rotatable bonds is 8. The van der Waals surface area contributed by atoms with E-state index in [2.05, 4.69) is 25.6 Å². The van der Waals surface area contributed by atoms with E-state index in [9.17, 15) is 19.2 Å². The SMILES string of the molecule is Cn1ncc(-c2nc(NC3CCN(Cc4cc5c(cc4F)C(=O)N(C4CCC(=O)NC4=O)C5=O)CC3)ncc2Cl)c1CC1CC1. The van der Waals surface area contributed by atoms with Crippen LogP contribution >= 0.6 is 11.6 Å². The van der Waals surface area contributed by atoms with Crippen LogP contribution in [0.1, 0.15) is 70.5 Å². The molecular formula is C31H32ClFN8O4. The van der Waals surface area contributed by atoms with Gasteiger partial charge in [-0.25, -0.2) is 14.4 Å². The molecular weight excluding hydrogens is 603 g/mol. The molecule has 14 heteroatoms. The minimum atomic E-state index is -1.09. The van der Waals surface area contributed by atoms with E-state index in [1.807, 2.05) is 17.9 Å². The third-order valence-electron chi connectivity index (χ3n) is 9.16. The Morgan fingerprint density at radius 1 is 1.00 bits per heavy atom. The molecule has 1 aromatic carbocycles. The molecule has 3 fully saturated rings. The first-order valence-electron chi connectivity index (χ1n) is 15.2. The zero-order valence-electron chi connectivity index (χ0n) is 24.7. The van der Waals surface area contributed by atoms with Gasteiger partial charge in [0.25, 0.3) is 11.8 Å². The molecule has 2 N–H and O–H groups in total. The summed E-state index contributed by atoms with van der Waals surface area (Å²) in [5.41, 5.74) is 3.00. The van der Waals surface area contributed by atoms with Gasteiger partial charge in [0, 0.05) is 56.0 Å². The number of carbonyl (C=O) groups excluding carboxylic acids is 4. The summed E-state index contributed by atoms with van der Waals surface area (Å²) in [6.07, 6.45) is 8.40. The number of piperidine rings is 2.